The average Bonchev–Trinajstić information content (AvgIpc) is 2.88. The Morgan fingerprint density at radius 1 is 1.08 bits per heavy atom. The molecule has 1 amide bonds. The van der Waals surface area contributed by atoms with Gasteiger partial charge in [0.25, 0.3) is 11.5 Å². The smallest absolute Gasteiger partial charge is 0.263 e. The lowest BCUT2D eigenvalue weighted by Crippen LogP contribution is -2.45. The molecule has 0 saturated heterocycles. The van der Waals surface area contributed by atoms with Gasteiger partial charge in [-0.25, -0.2) is 14.4 Å². The molecule has 0 aliphatic rings. The first kappa shape index (κ1) is 26.1. The first-order chi connectivity index (χ1) is 17.7. The number of rotatable bonds is 9. The summed E-state index contributed by atoms with van der Waals surface area (Å²) in [6, 6.07) is 17.6. The lowest BCUT2D eigenvalue weighted by Gasteiger charge is -2.38. The van der Waals surface area contributed by atoms with Crippen molar-refractivity contribution >= 4 is 16.9 Å². The number of carbonyl (C=O) groups excluding carboxylic acids is 1. The van der Waals surface area contributed by atoms with Crippen molar-refractivity contribution in [3.63, 3.8) is 0 Å². The maximum absolute atomic E-state index is 13.7. The van der Waals surface area contributed by atoms with Crippen molar-refractivity contribution in [2.45, 2.75) is 25.9 Å². The largest absolute Gasteiger partial charge is 0.633 e. The van der Waals surface area contributed by atoms with Crippen LogP contribution in [0.1, 0.15) is 41.1 Å². The number of nitrogens with zero attached hydrogens (tertiary/aromatic N) is 5. The molecule has 0 radical (unpaired) electrons. The van der Waals surface area contributed by atoms with Gasteiger partial charge in [0.05, 0.1) is 45.2 Å². The molecule has 1 unspecified atom stereocenters. The summed E-state index contributed by atoms with van der Waals surface area (Å²) in [6.07, 6.45) is 2.00. The summed E-state index contributed by atoms with van der Waals surface area (Å²) in [7, 11) is 3.01. The highest BCUT2D eigenvalue weighted by molar-refractivity contribution is 5.94. The van der Waals surface area contributed by atoms with Gasteiger partial charge in [-0.1, -0.05) is 37.3 Å². The van der Waals surface area contributed by atoms with Gasteiger partial charge >= 0.3 is 0 Å². The predicted octanol–water partition coefficient (Wildman–Crippen LogP) is 4.15. The maximum Gasteiger partial charge on any atom is 0.263 e. The number of pyridine rings is 1. The van der Waals surface area contributed by atoms with Crippen LogP contribution in [0.5, 0.6) is 0 Å². The Kier molecular flexibility index (Phi) is 7.75. The van der Waals surface area contributed by atoms with Gasteiger partial charge in [-0.3, -0.25) is 14.2 Å². The summed E-state index contributed by atoms with van der Waals surface area (Å²) >= 11 is 0. The Balaban J connectivity index is 1.87. The van der Waals surface area contributed by atoms with E-state index in [-0.39, 0.29) is 36.7 Å². The molecule has 0 aliphatic heterocycles. The van der Waals surface area contributed by atoms with Crippen LogP contribution < -0.4 is 5.56 Å². The maximum atomic E-state index is 13.7. The van der Waals surface area contributed by atoms with Crippen molar-refractivity contribution in [2.75, 3.05) is 27.2 Å². The molecule has 1 atom stereocenters. The first-order valence-electron chi connectivity index (χ1n) is 12.2. The van der Waals surface area contributed by atoms with Gasteiger partial charge in [-0.2, -0.15) is 0 Å². The fourth-order valence-electron chi connectivity index (χ4n) is 4.29. The number of halogens is 1. The molecule has 0 N–H and O–H groups in total. The molecular formula is C28H30FN5O3. The van der Waals surface area contributed by atoms with Gasteiger partial charge in [-0.05, 0) is 48.4 Å². The van der Waals surface area contributed by atoms with Gasteiger partial charge in [0, 0.05) is 11.8 Å². The number of hydroxylamine groups is 3. The standard InChI is InChI=1S/C28H30FN5O3/c1-4-24(32(17-18-34(2,3)37)27(35)21-12-14-22(29)15-13-21)26-31-25-23(11-8-16-30-25)28(36)33(26)19-20-9-6-5-7-10-20/h5-16,24H,4,17-19H2,1-3H3. The zero-order valence-electron chi connectivity index (χ0n) is 21.2. The lowest BCUT2D eigenvalue weighted by atomic mass is 10.1. The molecule has 37 heavy (non-hydrogen) atoms. The van der Waals surface area contributed by atoms with Crippen molar-refractivity contribution in [3.05, 3.63) is 111 Å². The number of benzene rings is 2. The number of quaternary nitrogens is 1. The lowest BCUT2D eigenvalue weighted by molar-refractivity contribution is -0.839. The first-order valence-corrected chi connectivity index (χ1v) is 12.2. The molecule has 2 aromatic carbocycles. The topological polar surface area (TPSA) is 91.2 Å². The number of hydrogen-bond acceptors (Lipinski definition) is 5. The van der Waals surface area contributed by atoms with Crippen LogP contribution in [0, 0.1) is 11.0 Å². The number of carbonyl (C=O) groups is 1. The third-order valence-corrected chi connectivity index (χ3v) is 6.24. The highest BCUT2D eigenvalue weighted by Gasteiger charge is 2.30. The normalized spacial score (nSPS) is 12.5. The van der Waals surface area contributed by atoms with Crippen LogP contribution >= 0.6 is 0 Å². The van der Waals surface area contributed by atoms with Gasteiger partial charge in [0.2, 0.25) is 0 Å². The van der Waals surface area contributed by atoms with Gasteiger partial charge in [-0.15, -0.1) is 0 Å². The molecule has 0 fully saturated rings. The van der Waals surface area contributed by atoms with Crippen molar-refractivity contribution in [3.8, 4) is 0 Å². The van der Waals surface area contributed by atoms with E-state index < -0.39 is 16.5 Å². The molecule has 0 saturated carbocycles. The SMILES string of the molecule is CCC(c1nc2ncccc2c(=O)n1Cc1ccccc1)N(CC[N+](C)(C)[O-])C(=O)c1ccc(F)cc1. The second-order valence-corrected chi connectivity index (χ2v) is 9.45. The van der Waals surface area contributed by atoms with Gasteiger partial charge in [0.1, 0.15) is 11.6 Å². The van der Waals surface area contributed by atoms with Crippen LogP contribution in [0.15, 0.2) is 77.7 Å². The average molecular weight is 504 g/mol. The molecule has 0 spiro atoms. The summed E-state index contributed by atoms with van der Waals surface area (Å²) in [6.45, 7) is 2.39. The van der Waals surface area contributed by atoms with Crippen molar-refractivity contribution in [2.24, 2.45) is 0 Å². The number of likely N-dealkylation sites (N-methyl/N-ethyl adjacent to an activating group) is 1. The van der Waals surface area contributed by atoms with E-state index in [1.54, 1.807) is 27.8 Å². The molecule has 0 aliphatic carbocycles. The van der Waals surface area contributed by atoms with Crippen LogP contribution in [0.2, 0.25) is 0 Å². The minimum absolute atomic E-state index is 0.118. The quantitative estimate of drug-likeness (QED) is 0.253. The minimum Gasteiger partial charge on any atom is -0.633 e. The van der Waals surface area contributed by atoms with Gasteiger partial charge < -0.3 is 14.8 Å². The van der Waals surface area contributed by atoms with Crippen LogP contribution in [-0.2, 0) is 6.54 Å². The number of hydrogen-bond donors (Lipinski definition) is 0. The zero-order valence-corrected chi connectivity index (χ0v) is 21.2. The molecule has 2 heterocycles. The summed E-state index contributed by atoms with van der Waals surface area (Å²) in [5.41, 5.74) is 1.22. The Bertz CT molecular complexity index is 1430. The van der Waals surface area contributed by atoms with E-state index in [0.29, 0.717) is 23.3 Å². The Morgan fingerprint density at radius 2 is 1.78 bits per heavy atom. The van der Waals surface area contributed by atoms with Crippen molar-refractivity contribution < 1.29 is 13.8 Å². The van der Waals surface area contributed by atoms with Gasteiger partial charge in [0.15, 0.2) is 5.65 Å². The van der Waals surface area contributed by atoms with Crippen molar-refractivity contribution in [1.29, 1.82) is 0 Å². The van der Waals surface area contributed by atoms with E-state index >= 15 is 0 Å². The Morgan fingerprint density at radius 3 is 2.43 bits per heavy atom. The van der Waals surface area contributed by atoms with E-state index in [1.165, 1.54) is 38.4 Å². The molecule has 0 bridgehead atoms. The summed E-state index contributed by atoms with van der Waals surface area (Å²) in [5.74, 6) is -0.442. The minimum atomic E-state index is -0.632. The molecule has 4 rings (SSSR count). The van der Waals surface area contributed by atoms with Crippen molar-refractivity contribution in [1.82, 2.24) is 19.4 Å². The molecule has 2 aromatic heterocycles. The van der Waals surface area contributed by atoms with E-state index in [4.69, 9.17) is 4.98 Å². The van der Waals surface area contributed by atoms with E-state index in [9.17, 15) is 19.2 Å². The van der Waals surface area contributed by atoms with Crippen LogP contribution in [0.3, 0.4) is 0 Å². The van der Waals surface area contributed by atoms with E-state index in [0.717, 1.165) is 5.56 Å². The highest BCUT2D eigenvalue weighted by atomic mass is 19.1. The number of amides is 1. The molecule has 8 nitrogen and oxygen atoms in total. The number of fused-ring (bicyclic) bond motifs is 1. The van der Waals surface area contributed by atoms with E-state index in [2.05, 4.69) is 4.98 Å². The molecule has 192 valence electrons. The zero-order chi connectivity index (χ0) is 26.6. The predicted molar refractivity (Wildman–Crippen MR) is 140 cm³/mol. The summed E-state index contributed by atoms with van der Waals surface area (Å²) < 4.78 is 14.5. The van der Waals surface area contributed by atoms with E-state index in [1.807, 2.05) is 37.3 Å². The second-order valence-electron chi connectivity index (χ2n) is 9.45. The third-order valence-electron chi connectivity index (χ3n) is 6.24. The van der Waals surface area contributed by atoms with Crippen LogP contribution in [0.4, 0.5) is 4.39 Å². The Hall–Kier alpha value is -3.95. The summed E-state index contributed by atoms with van der Waals surface area (Å²) in [4.78, 5) is 38.0. The number of aromatic nitrogens is 3. The second kappa shape index (κ2) is 11.0. The van der Waals surface area contributed by atoms with Crippen LogP contribution in [0.25, 0.3) is 11.0 Å². The Labute approximate surface area is 214 Å². The molecule has 9 heteroatoms. The highest BCUT2D eigenvalue weighted by Crippen LogP contribution is 2.26. The fraction of sp³-hybridized carbons (Fsp3) is 0.286. The monoisotopic (exact) mass is 503 g/mol. The molecule has 4 aromatic rings. The fourth-order valence-corrected chi connectivity index (χ4v) is 4.29. The molecular weight excluding hydrogens is 473 g/mol. The third kappa shape index (κ3) is 6.07. The summed E-state index contributed by atoms with van der Waals surface area (Å²) in [5, 5.41) is 12.8. The van der Waals surface area contributed by atoms with Crippen LogP contribution in [-0.4, -0.2) is 57.2 Å².